The molecule has 1 saturated heterocycles. The largest absolute Gasteiger partial charge is 0.370 e. The Morgan fingerprint density at radius 1 is 1.12 bits per heavy atom. The predicted molar refractivity (Wildman–Crippen MR) is 101 cm³/mol. The fraction of sp³-hybridized carbons (Fsp3) is 0.444. The summed E-state index contributed by atoms with van der Waals surface area (Å²) in [5.41, 5.74) is 1.18. The molecule has 2 heterocycles. The normalized spacial score (nSPS) is 15.0. The van der Waals surface area contributed by atoms with E-state index in [9.17, 15) is 0 Å². The van der Waals surface area contributed by atoms with Crippen molar-refractivity contribution < 1.29 is 0 Å². The van der Waals surface area contributed by atoms with Crippen LogP contribution >= 0.6 is 11.6 Å². The van der Waals surface area contributed by atoms with Gasteiger partial charge in [-0.05, 0) is 30.2 Å². The van der Waals surface area contributed by atoms with Crippen LogP contribution in [0.25, 0.3) is 0 Å². The minimum absolute atomic E-state index is 0.588. The molecule has 24 heavy (non-hydrogen) atoms. The molecule has 1 aromatic heterocycles. The number of benzene rings is 1. The van der Waals surface area contributed by atoms with Crippen LogP contribution < -0.4 is 15.1 Å². The molecule has 1 aliphatic rings. The highest BCUT2D eigenvalue weighted by Gasteiger charge is 2.19. The average Bonchev–Trinajstić information content (AvgIpc) is 2.60. The molecule has 1 aliphatic heterocycles. The molecule has 0 bridgehead atoms. The summed E-state index contributed by atoms with van der Waals surface area (Å²) in [6.45, 7) is 8.97. The zero-order chi connectivity index (χ0) is 16.9. The van der Waals surface area contributed by atoms with Gasteiger partial charge in [0.25, 0.3) is 0 Å². The molecule has 5 nitrogen and oxygen atoms in total. The molecule has 2 aromatic rings. The minimum Gasteiger partial charge on any atom is -0.370 e. The molecule has 0 amide bonds. The van der Waals surface area contributed by atoms with Gasteiger partial charge in [0.05, 0.1) is 0 Å². The summed E-state index contributed by atoms with van der Waals surface area (Å²) >= 11 is 6.09. The first kappa shape index (κ1) is 16.8. The average molecular weight is 346 g/mol. The first-order valence-electron chi connectivity index (χ1n) is 8.44. The van der Waals surface area contributed by atoms with Crippen molar-refractivity contribution in [3.8, 4) is 0 Å². The number of hydrogen-bond acceptors (Lipinski definition) is 5. The second-order valence-electron chi connectivity index (χ2n) is 6.47. The van der Waals surface area contributed by atoms with E-state index in [1.54, 1.807) is 0 Å². The maximum atomic E-state index is 6.09. The van der Waals surface area contributed by atoms with Crippen LogP contribution in [0.15, 0.2) is 36.5 Å². The van der Waals surface area contributed by atoms with Gasteiger partial charge in [0.2, 0.25) is 5.95 Å². The lowest BCUT2D eigenvalue weighted by molar-refractivity contribution is 0.639. The number of halogens is 1. The van der Waals surface area contributed by atoms with E-state index in [-0.39, 0.29) is 0 Å². The molecule has 1 aromatic carbocycles. The predicted octanol–water partition coefficient (Wildman–Crippen LogP) is 3.52. The number of piperazine rings is 1. The standard InChI is InChI=1S/C18H24ClN5/c1-14(2)13-21-17-6-7-20-18(22-17)24-10-8-23(9-11-24)16-5-3-4-15(19)12-16/h3-7,12,14H,8-11,13H2,1-2H3,(H,20,21,22). The Hall–Kier alpha value is -2.01. The lowest BCUT2D eigenvalue weighted by Gasteiger charge is -2.36. The summed E-state index contributed by atoms with van der Waals surface area (Å²) < 4.78 is 0. The molecule has 1 fully saturated rings. The summed E-state index contributed by atoms with van der Waals surface area (Å²) in [4.78, 5) is 13.7. The van der Waals surface area contributed by atoms with Crippen LogP contribution in [0.5, 0.6) is 0 Å². The maximum Gasteiger partial charge on any atom is 0.227 e. The van der Waals surface area contributed by atoms with Crippen molar-refractivity contribution in [2.45, 2.75) is 13.8 Å². The van der Waals surface area contributed by atoms with Crippen LogP contribution in [-0.2, 0) is 0 Å². The zero-order valence-electron chi connectivity index (χ0n) is 14.2. The van der Waals surface area contributed by atoms with Crippen LogP contribution in [0.4, 0.5) is 17.5 Å². The van der Waals surface area contributed by atoms with E-state index < -0.39 is 0 Å². The lowest BCUT2D eigenvalue weighted by Crippen LogP contribution is -2.47. The Labute approximate surface area is 148 Å². The van der Waals surface area contributed by atoms with E-state index in [0.717, 1.165) is 49.5 Å². The molecule has 0 unspecified atom stereocenters. The molecule has 128 valence electrons. The summed E-state index contributed by atoms with van der Waals surface area (Å²) in [7, 11) is 0. The van der Waals surface area contributed by atoms with E-state index in [1.165, 1.54) is 5.69 Å². The van der Waals surface area contributed by atoms with E-state index in [2.05, 4.69) is 45.0 Å². The van der Waals surface area contributed by atoms with Gasteiger partial charge in [-0.2, -0.15) is 4.98 Å². The third-order valence-corrected chi connectivity index (χ3v) is 4.31. The molecule has 0 spiro atoms. The number of hydrogen-bond donors (Lipinski definition) is 1. The Bertz CT molecular complexity index is 668. The summed E-state index contributed by atoms with van der Waals surface area (Å²) in [5, 5.41) is 4.14. The van der Waals surface area contributed by atoms with Crippen LogP contribution in [0.2, 0.25) is 5.02 Å². The SMILES string of the molecule is CC(C)CNc1ccnc(N2CCN(c3cccc(Cl)c3)CC2)n1. The van der Waals surface area contributed by atoms with E-state index in [4.69, 9.17) is 11.6 Å². The molecule has 0 radical (unpaired) electrons. The fourth-order valence-electron chi connectivity index (χ4n) is 2.75. The highest BCUT2D eigenvalue weighted by molar-refractivity contribution is 6.30. The van der Waals surface area contributed by atoms with Crippen molar-refractivity contribution in [3.63, 3.8) is 0 Å². The van der Waals surface area contributed by atoms with Crippen LogP contribution in [0, 0.1) is 5.92 Å². The van der Waals surface area contributed by atoms with Gasteiger partial charge in [-0.1, -0.05) is 31.5 Å². The molecule has 0 aliphatic carbocycles. The molecule has 1 N–H and O–H groups in total. The van der Waals surface area contributed by atoms with E-state index >= 15 is 0 Å². The summed E-state index contributed by atoms with van der Waals surface area (Å²) in [6, 6.07) is 9.95. The van der Waals surface area contributed by atoms with Crippen molar-refractivity contribution in [3.05, 3.63) is 41.6 Å². The van der Waals surface area contributed by atoms with Gasteiger partial charge in [-0.25, -0.2) is 4.98 Å². The van der Waals surface area contributed by atoms with Crippen molar-refractivity contribution in [2.24, 2.45) is 5.92 Å². The van der Waals surface area contributed by atoms with Gasteiger partial charge in [-0.3, -0.25) is 0 Å². The van der Waals surface area contributed by atoms with Crippen molar-refractivity contribution in [1.29, 1.82) is 0 Å². The van der Waals surface area contributed by atoms with Crippen molar-refractivity contribution in [1.82, 2.24) is 9.97 Å². The van der Waals surface area contributed by atoms with Gasteiger partial charge in [0.15, 0.2) is 0 Å². The summed E-state index contributed by atoms with van der Waals surface area (Å²) in [5.74, 6) is 2.28. The number of anilines is 3. The molecule has 0 saturated carbocycles. The second kappa shape index (κ2) is 7.71. The monoisotopic (exact) mass is 345 g/mol. The fourth-order valence-corrected chi connectivity index (χ4v) is 2.93. The maximum absolute atomic E-state index is 6.09. The third-order valence-electron chi connectivity index (χ3n) is 4.07. The number of nitrogens with one attached hydrogen (secondary N) is 1. The molecule has 3 rings (SSSR count). The Balaban J connectivity index is 1.61. The lowest BCUT2D eigenvalue weighted by atomic mass is 10.2. The quantitative estimate of drug-likeness (QED) is 0.898. The van der Waals surface area contributed by atoms with Crippen molar-refractivity contribution >= 4 is 29.1 Å². The van der Waals surface area contributed by atoms with Gasteiger partial charge in [-0.15, -0.1) is 0 Å². The molecule has 6 heteroatoms. The van der Waals surface area contributed by atoms with Gasteiger partial charge in [0.1, 0.15) is 5.82 Å². The highest BCUT2D eigenvalue weighted by Crippen LogP contribution is 2.22. The van der Waals surface area contributed by atoms with E-state index in [1.807, 2.05) is 30.5 Å². The molecular formula is C18H24ClN5. The first-order valence-corrected chi connectivity index (χ1v) is 8.82. The number of rotatable bonds is 5. The Morgan fingerprint density at radius 2 is 1.88 bits per heavy atom. The first-order chi connectivity index (χ1) is 11.6. The number of aromatic nitrogens is 2. The zero-order valence-corrected chi connectivity index (χ0v) is 15.0. The molecule has 0 atom stereocenters. The van der Waals surface area contributed by atoms with Gasteiger partial charge < -0.3 is 15.1 Å². The third kappa shape index (κ3) is 4.29. The number of nitrogens with zero attached hydrogens (tertiary/aromatic N) is 4. The highest BCUT2D eigenvalue weighted by atomic mass is 35.5. The van der Waals surface area contributed by atoms with E-state index in [0.29, 0.717) is 5.92 Å². The van der Waals surface area contributed by atoms with Crippen molar-refractivity contribution in [2.75, 3.05) is 47.8 Å². The minimum atomic E-state index is 0.588. The van der Waals surface area contributed by atoms with Crippen LogP contribution in [-0.4, -0.2) is 42.7 Å². The second-order valence-corrected chi connectivity index (χ2v) is 6.91. The summed E-state index contributed by atoms with van der Waals surface area (Å²) in [6.07, 6.45) is 1.83. The Morgan fingerprint density at radius 3 is 2.58 bits per heavy atom. The van der Waals surface area contributed by atoms with Gasteiger partial charge >= 0.3 is 0 Å². The topological polar surface area (TPSA) is 44.3 Å². The Kier molecular flexibility index (Phi) is 5.41. The van der Waals surface area contributed by atoms with Crippen LogP contribution in [0.3, 0.4) is 0 Å². The van der Waals surface area contributed by atoms with Gasteiger partial charge in [0, 0.05) is 49.6 Å². The smallest absolute Gasteiger partial charge is 0.227 e. The van der Waals surface area contributed by atoms with Crippen LogP contribution in [0.1, 0.15) is 13.8 Å². The molecular weight excluding hydrogens is 322 g/mol.